The topological polar surface area (TPSA) is 173 Å². The van der Waals surface area contributed by atoms with E-state index in [0.717, 1.165) is 24.3 Å². The highest BCUT2D eigenvalue weighted by Gasteiger charge is 2.23. The summed E-state index contributed by atoms with van der Waals surface area (Å²) < 4.78 is 25.3. The lowest BCUT2D eigenvalue weighted by Gasteiger charge is -2.11. The molecule has 0 bridgehead atoms. The minimum absolute atomic E-state index is 0.0865. The van der Waals surface area contributed by atoms with Gasteiger partial charge in [0.25, 0.3) is 15.6 Å². The van der Waals surface area contributed by atoms with E-state index in [4.69, 9.17) is 5.84 Å². The molecule has 1 aromatic carbocycles. The van der Waals surface area contributed by atoms with Gasteiger partial charge in [-0.1, -0.05) is 0 Å². The number of hydrogen-bond donors (Lipinski definition) is 4. The Morgan fingerprint density at radius 3 is 2.48 bits per heavy atom. The van der Waals surface area contributed by atoms with Gasteiger partial charge in [-0.2, -0.15) is 8.42 Å². The fraction of sp³-hybridized carbons (Fsp3) is 0.0769. The van der Waals surface area contributed by atoms with Crippen molar-refractivity contribution in [1.82, 2.24) is 9.19 Å². The van der Waals surface area contributed by atoms with Gasteiger partial charge in [-0.25, -0.2) is 10.6 Å². The molecule has 132 valence electrons. The molecule has 2 aromatic rings. The smallest absolute Gasteiger partial charge is 0.337 e. The first-order chi connectivity index (χ1) is 11.7. The van der Waals surface area contributed by atoms with Crippen molar-refractivity contribution in [3.05, 3.63) is 46.2 Å². The lowest BCUT2D eigenvalue weighted by atomic mass is 10.2. The Morgan fingerprint density at radius 1 is 1.24 bits per heavy atom. The summed E-state index contributed by atoms with van der Waals surface area (Å²) in [6.45, 7) is 1.17. The van der Waals surface area contributed by atoms with Crippen LogP contribution >= 0.6 is 0 Å². The molecule has 1 aromatic heterocycles. The van der Waals surface area contributed by atoms with Gasteiger partial charge in [-0.15, -0.1) is 9.19 Å². The predicted molar refractivity (Wildman–Crippen MR) is 86.6 cm³/mol. The van der Waals surface area contributed by atoms with E-state index < -0.39 is 37.9 Å². The van der Waals surface area contributed by atoms with Crippen molar-refractivity contribution in [2.45, 2.75) is 11.8 Å². The van der Waals surface area contributed by atoms with E-state index in [0.29, 0.717) is 0 Å². The average Bonchev–Trinajstić information content (AvgIpc) is 2.54. The fourth-order valence-corrected chi connectivity index (χ4v) is 3.10. The number of rotatable bonds is 5. The Morgan fingerprint density at radius 2 is 1.92 bits per heavy atom. The molecular formula is C13H13N5O6S. The molecule has 0 unspecified atom stereocenters. The van der Waals surface area contributed by atoms with E-state index in [9.17, 15) is 27.9 Å². The first-order valence-electron chi connectivity index (χ1n) is 6.64. The molecule has 0 aliphatic carbocycles. The van der Waals surface area contributed by atoms with Gasteiger partial charge >= 0.3 is 5.97 Å². The number of nitrogens with zero attached hydrogens (tertiary/aromatic N) is 2. The number of aromatic nitrogens is 2. The number of aromatic carboxylic acids is 1. The quantitative estimate of drug-likeness (QED) is 0.398. The van der Waals surface area contributed by atoms with Crippen molar-refractivity contribution in [1.29, 1.82) is 0 Å². The zero-order valence-electron chi connectivity index (χ0n) is 12.8. The van der Waals surface area contributed by atoms with E-state index in [-0.39, 0.29) is 15.6 Å². The molecule has 0 fully saturated rings. The molecule has 0 radical (unpaired) electrons. The van der Waals surface area contributed by atoms with E-state index in [1.165, 1.54) is 13.0 Å². The Hall–Kier alpha value is -3.25. The number of nitrogen functional groups attached to an aromatic ring is 1. The second-order valence-corrected chi connectivity index (χ2v) is 6.51. The van der Waals surface area contributed by atoms with Crippen LogP contribution in [0.25, 0.3) is 0 Å². The van der Waals surface area contributed by atoms with Crippen molar-refractivity contribution in [2.24, 2.45) is 5.84 Å². The zero-order chi connectivity index (χ0) is 18.8. The first-order valence-corrected chi connectivity index (χ1v) is 8.08. The number of anilines is 2. The van der Waals surface area contributed by atoms with Gasteiger partial charge in [-0.05, 0) is 24.3 Å². The molecule has 11 nitrogen and oxygen atoms in total. The fourth-order valence-electron chi connectivity index (χ4n) is 1.90. The second kappa shape index (κ2) is 6.70. The summed E-state index contributed by atoms with van der Waals surface area (Å²) in [5, 5.41) is 15.0. The first kappa shape index (κ1) is 18.1. The van der Waals surface area contributed by atoms with Crippen LogP contribution < -0.4 is 22.1 Å². The summed E-state index contributed by atoms with van der Waals surface area (Å²) in [5.74, 6) is 3.06. The van der Waals surface area contributed by atoms with Crippen molar-refractivity contribution >= 4 is 33.4 Å². The third-order valence-electron chi connectivity index (χ3n) is 2.98. The number of benzene rings is 1. The molecule has 0 aliphatic rings. The molecule has 12 heteroatoms. The van der Waals surface area contributed by atoms with Crippen LogP contribution in [0.3, 0.4) is 0 Å². The highest BCUT2D eigenvalue weighted by atomic mass is 32.2. The van der Waals surface area contributed by atoms with Crippen LogP contribution in [0.5, 0.6) is 0 Å². The summed E-state index contributed by atoms with van der Waals surface area (Å²) in [6.07, 6.45) is 0. The van der Waals surface area contributed by atoms with E-state index in [2.05, 4.69) is 15.8 Å². The van der Waals surface area contributed by atoms with Crippen molar-refractivity contribution in [3.8, 4) is 0 Å². The van der Waals surface area contributed by atoms with Gasteiger partial charge < -0.3 is 15.8 Å². The number of hydrogen-bond acceptors (Lipinski definition) is 8. The van der Waals surface area contributed by atoms with Gasteiger partial charge in [-0.3, -0.25) is 9.59 Å². The number of nitrogens with one attached hydrogen (secondary N) is 2. The zero-order valence-corrected chi connectivity index (χ0v) is 13.6. The summed E-state index contributed by atoms with van der Waals surface area (Å²) in [7, 11) is -4.48. The molecule has 0 spiro atoms. The van der Waals surface area contributed by atoms with Gasteiger partial charge in [0.1, 0.15) is 0 Å². The van der Waals surface area contributed by atoms with Gasteiger partial charge in [0.15, 0.2) is 5.82 Å². The minimum Gasteiger partial charge on any atom is -0.478 e. The summed E-state index contributed by atoms with van der Waals surface area (Å²) in [6, 6.07) is 5.08. The van der Waals surface area contributed by atoms with E-state index >= 15 is 0 Å². The van der Waals surface area contributed by atoms with E-state index in [1.807, 2.05) is 0 Å². The standard InChI is InChI=1S/C13H13N5O6S/c1-7(19)15-10-3-2-8(6-9(10)13(21)22)25(23,24)18-12(20)5-4-11(16-14)17-18/h2-6H,14H2,1H3,(H,15,19)(H,16,17)(H,21,22). The largest absolute Gasteiger partial charge is 0.478 e. The van der Waals surface area contributed by atoms with Crippen LogP contribution in [-0.2, 0) is 14.8 Å². The molecule has 1 amide bonds. The van der Waals surface area contributed by atoms with Crippen LogP contribution in [0.1, 0.15) is 17.3 Å². The molecule has 0 aliphatic heterocycles. The van der Waals surface area contributed by atoms with Crippen LogP contribution in [0, 0.1) is 0 Å². The maximum Gasteiger partial charge on any atom is 0.337 e. The molecular weight excluding hydrogens is 354 g/mol. The Labute approximate surface area is 141 Å². The predicted octanol–water partition coefficient (Wildman–Crippen LogP) is -0.577. The van der Waals surface area contributed by atoms with Gasteiger partial charge in [0.2, 0.25) is 5.91 Å². The number of nitrogens with two attached hydrogens (primary N) is 1. The maximum atomic E-state index is 12.6. The summed E-state index contributed by atoms with van der Waals surface area (Å²) in [4.78, 5) is 33.8. The lowest BCUT2D eigenvalue weighted by Crippen LogP contribution is -2.30. The molecule has 1 heterocycles. The summed E-state index contributed by atoms with van der Waals surface area (Å²) >= 11 is 0. The highest BCUT2D eigenvalue weighted by molar-refractivity contribution is 7.89. The summed E-state index contributed by atoms with van der Waals surface area (Å²) in [5.41, 5.74) is 0.598. The maximum absolute atomic E-state index is 12.6. The van der Waals surface area contributed by atoms with E-state index in [1.54, 1.807) is 0 Å². The molecule has 5 N–H and O–H groups in total. The second-order valence-electron chi connectivity index (χ2n) is 4.74. The molecule has 0 atom stereocenters. The van der Waals surface area contributed by atoms with Crippen LogP contribution in [0.2, 0.25) is 0 Å². The number of carbonyl (C=O) groups excluding carboxylic acids is 1. The third-order valence-corrected chi connectivity index (χ3v) is 4.54. The van der Waals surface area contributed by atoms with Crippen molar-refractivity contribution in [3.63, 3.8) is 0 Å². The third kappa shape index (κ3) is 3.64. The Balaban J connectivity index is 2.65. The highest BCUT2D eigenvalue weighted by Crippen LogP contribution is 2.22. The monoisotopic (exact) mass is 367 g/mol. The lowest BCUT2D eigenvalue weighted by molar-refractivity contribution is -0.114. The van der Waals surface area contributed by atoms with Gasteiger partial charge in [0.05, 0.1) is 16.1 Å². The number of carboxylic acid groups (broad SMARTS) is 1. The Bertz CT molecular complexity index is 1010. The number of amides is 1. The van der Waals surface area contributed by atoms with Crippen molar-refractivity contribution < 1.29 is 23.1 Å². The minimum atomic E-state index is -4.48. The molecule has 0 saturated carbocycles. The normalized spacial score (nSPS) is 11.0. The van der Waals surface area contributed by atoms with Crippen LogP contribution in [0.15, 0.2) is 40.0 Å². The number of hydrazine groups is 1. The molecule has 25 heavy (non-hydrogen) atoms. The van der Waals surface area contributed by atoms with Crippen LogP contribution in [-0.4, -0.2) is 34.6 Å². The Kier molecular flexibility index (Phi) is 4.85. The number of carbonyl (C=O) groups is 2. The van der Waals surface area contributed by atoms with Crippen molar-refractivity contribution in [2.75, 3.05) is 10.7 Å². The molecule has 2 rings (SSSR count). The van der Waals surface area contributed by atoms with Crippen LogP contribution in [0.4, 0.5) is 11.5 Å². The number of carboxylic acids is 1. The SMILES string of the molecule is CC(=O)Nc1ccc(S(=O)(=O)n2nc(NN)ccc2=O)cc1C(=O)O. The average molecular weight is 367 g/mol. The van der Waals surface area contributed by atoms with Gasteiger partial charge in [0, 0.05) is 13.0 Å². The molecule has 0 saturated heterocycles.